The highest BCUT2D eigenvalue weighted by Crippen LogP contribution is 2.22. The number of carbonyl (C=O) groups is 1. The lowest BCUT2D eigenvalue weighted by atomic mass is 9.94. The van der Waals surface area contributed by atoms with Gasteiger partial charge in [-0.3, -0.25) is 4.79 Å². The molecule has 0 saturated heterocycles. The molecule has 1 unspecified atom stereocenters. The van der Waals surface area contributed by atoms with Crippen LogP contribution in [0.2, 0.25) is 0 Å². The highest BCUT2D eigenvalue weighted by molar-refractivity contribution is 5.83. The van der Waals surface area contributed by atoms with Crippen LogP contribution in [0.25, 0.3) is 0 Å². The summed E-state index contributed by atoms with van der Waals surface area (Å²) in [4.78, 5) is 12.2. The number of benzene rings is 1. The van der Waals surface area contributed by atoms with Crippen molar-refractivity contribution in [2.24, 2.45) is 0 Å². The molecule has 104 valence electrons. The third kappa shape index (κ3) is 3.80. The van der Waals surface area contributed by atoms with Gasteiger partial charge in [0.2, 0.25) is 5.91 Å². The normalized spacial score (nSPS) is 17.8. The number of carbonyl (C=O) groups excluding carboxylic acids is 1. The number of rotatable bonds is 6. The van der Waals surface area contributed by atoms with Crippen LogP contribution in [0.5, 0.6) is 0 Å². The first kappa shape index (κ1) is 14.1. The first-order valence-corrected chi connectivity index (χ1v) is 7.42. The summed E-state index contributed by atoms with van der Waals surface area (Å²) in [6.07, 6.45) is 5.77. The van der Waals surface area contributed by atoms with Crippen LogP contribution >= 0.6 is 0 Å². The minimum absolute atomic E-state index is 0.114. The molecule has 0 fully saturated rings. The van der Waals surface area contributed by atoms with E-state index in [0.717, 1.165) is 31.5 Å². The second kappa shape index (κ2) is 7.29. The molecule has 1 aromatic carbocycles. The quantitative estimate of drug-likeness (QED) is 0.772. The number of hydrogen-bond donors (Lipinski definition) is 2. The predicted octanol–water partition coefficient (Wildman–Crippen LogP) is 2.57. The smallest absolute Gasteiger partial charge is 0.241 e. The Hall–Kier alpha value is -1.35. The monoisotopic (exact) mass is 260 g/mol. The van der Waals surface area contributed by atoms with Crippen molar-refractivity contribution >= 4 is 5.91 Å². The lowest BCUT2D eigenvalue weighted by Crippen LogP contribution is -2.41. The summed E-state index contributed by atoms with van der Waals surface area (Å²) in [7, 11) is 0. The maximum Gasteiger partial charge on any atom is 0.241 e. The molecule has 2 rings (SSSR count). The summed E-state index contributed by atoms with van der Waals surface area (Å²) in [5, 5.41) is 6.37. The van der Waals surface area contributed by atoms with Gasteiger partial charge in [0.1, 0.15) is 6.04 Å². The van der Waals surface area contributed by atoms with E-state index < -0.39 is 0 Å². The second-order valence-corrected chi connectivity index (χ2v) is 5.19. The van der Waals surface area contributed by atoms with Crippen LogP contribution in [0.4, 0.5) is 0 Å². The molecule has 0 radical (unpaired) electrons. The summed E-state index contributed by atoms with van der Waals surface area (Å²) < 4.78 is 0. The van der Waals surface area contributed by atoms with E-state index in [1.807, 2.05) is 12.1 Å². The third-order valence-corrected chi connectivity index (χ3v) is 3.70. The third-order valence-electron chi connectivity index (χ3n) is 3.70. The molecule has 1 aliphatic rings. The Morgan fingerprint density at radius 2 is 2.16 bits per heavy atom. The maximum absolute atomic E-state index is 12.2. The first-order chi connectivity index (χ1) is 9.33. The van der Waals surface area contributed by atoms with Crippen molar-refractivity contribution in [3.63, 3.8) is 0 Å². The Bertz CT molecular complexity index is 417. The van der Waals surface area contributed by atoms with Crippen LogP contribution in [0.3, 0.4) is 0 Å². The topological polar surface area (TPSA) is 41.1 Å². The zero-order chi connectivity index (χ0) is 13.5. The van der Waals surface area contributed by atoms with Crippen LogP contribution in [0.1, 0.15) is 49.8 Å². The van der Waals surface area contributed by atoms with Gasteiger partial charge >= 0.3 is 0 Å². The second-order valence-electron chi connectivity index (χ2n) is 5.19. The molecule has 1 amide bonds. The van der Waals surface area contributed by atoms with Crippen molar-refractivity contribution in [2.75, 3.05) is 13.1 Å². The molecule has 0 aliphatic carbocycles. The standard InChI is InChI=1S/C16H24N2O/c1-2-3-4-7-11-18-16(19)15-14-9-6-5-8-13(14)10-12-17-15/h5-6,8-9,15,17H,2-4,7,10-12H2,1H3,(H,18,19). The molecule has 3 nitrogen and oxygen atoms in total. The van der Waals surface area contributed by atoms with Crippen molar-refractivity contribution in [3.05, 3.63) is 35.4 Å². The molecule has 1 aromatic rings. The molecular formula is C16H24N2O. The summed E-state index contributed by atoms with van der Waals surface area (Å²) in [5.74, 6) is 0.114. The van der Waals surface area contributed by atoms with Gasteiger partial charge in [0.25, 0.3) is 0 Å². The van der Waals surface area contributed by atoms with Gasteiger partial charge in [-0.15, -0.1) is 0 Å². The molecule has 0 aromatic heterocycles. The molecule has 1 heterocycles. The SMILES string of the molecule is CCCCCCNC(=O)C1NCCc2ccccc21. The van der Waals surface area contributed by atoms with Crippen LogP contribution in [0.15, 0.2) is 24.3 Å². The fourth-order valence-corrected chi connectivity index (χ4v) is 2.60. The highest BCUT2D eigenvalue weighted by atomic mass is 16.2. The fraction of sp³-hybridized carbons (Fsp3) is 0.562. The Balaban J connectivity index is 1.86. The maximum atomic E-state index is 12.2. The van der Waals surface area contributed by atoms with Gasteiger partial charge in [0.05, 0.1) is 0 Å². The molecular weight excluding hydrogens is 236 g/mol. The van der Waals surface area contributed by atoms with Crippen molar-refractivity contribution in [3.8, 4) is 0 Å². The van der Waals surface area contributed by atoms with Crippen LogP contribution in [0, 0.1) is 0 Å². The first-order valence-electron chi connectivity index (χ1n) is 7.42. The summed E-state index contributed by atoms with van der Waals surface area (Å²) in [6.45, 7) is 3.87. The lowest BCUT2D eigenvalue weighted by Gasteiger charge is -2.26. The Morgan fingerprint density at radius 3 is 3.00 bits per heavy atom. The van der Waals surface area contributed by atoms with Crippen LogP contribution in [-0.2, 0) is 11.2 Å². The fourth-order valence-electron chi connectivity index (χ4n) is 2.60. The number of unbranched alkanes of at least 4 members (excludes halogenated alkanes) is 3. The Kier molecular flexibility index (Phi) is 5.40. The Morgan fingerprint density at radius 1 is 1.32 bits per heavy atom. The number of fused-ring (bicyclic) bond motifs is 1. The Labute approximate surface area is 115 Å². The van der Waals surface area contributed by atoms with Crippen molar-refractivity contribution < 1.29 is 4.79 Å². The predicted molar refractivity (Wildman–Crippen MR) is 78.0 cm³/mol. The van der Waals surface area contributed by atoms with E-state index in [-0.39, 0.29) is 11.9 Å². The van der Waals surface area contributed by atoms with E-state index in [1.165, 1.54) is 24.8 Å². The van der Waals surface area contributed by atoms with E-state index >= 15 is 0 Å². The number of amides is 1. The van der Waals surface area contributed by atoms with Crippen molar-refractivity contribution in [1.82, 2.24) is 10.6 Å². The van der Waals surface area contributed by atoms with Gasteiger partial charge in [-0.05, 0) is 24.0 Å². The minimum Gasteiger partial charge on any atom is -0.354 e. The van der Waals surface area contributed by atoms with Crippen LogP contribution in [-0.4, -0.2) is 19.0 Å². The molecule has 2 N–H and O–H groups in total. The minimum atomic E-state index is -0.170. The van der Waals surface area contributed by atoms with E-state index in [0.29, 0.717) is 0 Å². The molecule has 19 heavy (non-hydrogen) atoms. The summed E-state index contributed by atoms with van der Waals surface area (Å²) in [6, 6.07) is 8.06. The average molecular weight is 260 g/mol. The lowest BCUT2D eigenvalue weighted by molar-refractivity contribution is -0.123. The molecule has 1 atom stereocenters. The van der Waals surface area contributed by atoms with E-state index in [4.69, 9.17) is 0 Å². The summed E-state index contributed by atoms with van der Waals surface area (Å²) in [5.41, 5.74) is 2.44. The van der Waals surface area contributed by atoms with Gasteiger partial charge in [-0.25, -0.2) is 0 Å². The largest absolute Gasteiger partial charge is 0.354 e. The summed E-state index contributed by atoms with van der Waals surface area (Å²) >= 11 is 0. The number of hydrogen-bond acceptors (Lipinski definition) is 2. The molecule has 0 spiro atoms. The van der Waals surface area contributed by atoms with Gasteiger partial charge in [0.15, 0.2) is 0 Å². The average Bonchev–Trinajstić information content (AvgIpc) is 2.46. The zero-order valence-electron chi connectivity index (χ0n) is 11.7. The highest BCUT2D eigenvalue weighted by Gasteiger charge is 2.25. The van der Waals surface area contributed by atoms with Gasteiger partial charge in [-0.2, -0.15) is 0 Å². The van der Waals surface area contributed by atoms with Gasteiger partial charge < -0.3 is 10.6 Å². The van der Waals surface area contributed by atoms with E-state index in [9.17, 15) is 4.79 Å². The number of nitrogens with one attached hydrogen (secondary N) is 2. The van der Waals surface area contributed by atoms with E-state index in [2.05, 4.69) is 29.7 Å². The van der Waals surface area contributed by atoms with E-state index in [1.54, 1.807) is 0 Å². The van der Waals surface area contributed by atoms with Gasteiger partial charge in [-0.1, -0.05) is 50.5 Å². The van der Waals surface area contributed by atoms with Crippen molar-refractivity contribution in [2.45, 2.75) is 45.1 Å². The van der Waals surface area contributed by atoms with Crippen molar-refractivity contribution in [1.29, 1.82) is 0 Å². The molecule has 1 aliphatic heterocycles. The molecule has 0 saturated carbocycles. The molecule has 0 bridgehead atoms. The molecule has 3 heteroatoms. The van der Waals surface area contributed by atoms with Crippen LogP contribution < -0.4 is 10.6 Å². The van der Waals surface area contributed by atoms with Gasteiger partial charge in [0, 0.05) is 13.1 Å². The zero-order valence-corrected chi connectivity index (χ0v) is 11.7.